The van der Waals surface area contributed by atoms with Crippen LogP contribution in [0.1, 0.15) is 13.8 Å². The number of hydrogen-bond acceptors (Lipinski definition) is 3. The lowest BCUT2D eigenvalue weighted by molar-refractivity contribution is -0.127. The van der Waals surface area contributed by atoms with Gasteiger partial charge < -0.3 is 14.9 Å². The van der Waals surface area contributed by atoms with Crippen LogP contribution in [-0.4, -0.2) is 40.0 Å². The molecule has 0 aliphatic rings. The molecule has 16 heavy (non-hydrogen) atoms. The van der Waals surface area contributed by atoms with Crippen LogP contribution in [0.4, 0.5) is 0 Å². The molecule has 0 aromatic heterocycles. The molecule has 1 amide bonds. The Labute approximate surface area is 97.2 Å². The van der Waals surface area contributed by atoms with E-state index >= 15 is 0 Å². The van der Waals surface area contributed by atoms with Gasteiger partial charge in [0.25, 0.3) is 0 Å². The second-order valence-corrected chi connectivity index (χ2v) is 3.58. The Morgan fingerprint density at radius 2 is 1.69 bits per heavy atom. The Bertz CT molecular complexity index is 259. The lowest BCUT2D eigenvalue weighted by Crippen LogP contribution is -2.37. The summed E-state index contributed by atoms with van der Waals surface area (Å²) in [5.74, 6) is -0.144. The topological polar surface area (TPSA) is 43.8 Å². The Morgan fingerprint density at radius 3 is 2.00 bits per heavy atom. The quantitative estimate of drug-likeness (QED) is 0.709. The second kappa shape index (κ2) is 6.85. The molecule has 0 radical (unpaired) electrons. The minimum atomic E-state index is -0.670. The fourth-order valence-electron chi connectivity index (χ4n) is 1.23. The van der Waals surface area contributed by atoms with Crippen molar-refractivity contribution >= 4 is 5.91 Å². The van der Waals surface area contributed by atoms with Gasteiger partial charge in [-0.15, -0.1) is 0 Å². The lowest BCUT2D eigenvalue weighted by atomic mass is 10.3. The Kier molecular flexibility index (Phi) is 6.18. The van der Waals surface area contributed by atoms with E-state index in [1.165, 1.54) is 18.0 Å². The van der Waals surface area contributed by atoms with Crippen LogP contribution in [0.5, 0.6) is 0 Å². The van der Waals surface area contributed by atoms with Crippen molar-refractivity contribution in [2.24, 2.45) is 0 Å². The number of aliphatic hydroxyl groups excluding tert-OH is 1. The van der Waals surface area contributed by atoms with Crippen molar-refractivity contribution < 1.29 is 9.90 Å². The standard InChI is InChI=1S/C12H20N2O2/c1-6-13(10(3)4)8-12(16)9-14(7-2)11(5)15/h6-7,12,16H,1-3,8-9H2,4-5H3. The van der Waals surface area contributed by atoms with E-state index in [1.54, 1.807) is 11.1 Å². The van der Waals surface area contributed by atoms with Gasteiger partial charge >= 0.3 is 0 Å². The van der Waals surface area contributed by atoms with Crippen molar-refractivity contribution in [2.75, 3.05) is 13.1 Å². The first-order valence-corrected chi connectivity index (χ1v) is 5.04. The number of aliphatic hydroxyl groups is 1. The van der Waals surface area contributed by atoms with E-state index < -0.39 is 6.10 Å². The van der Waals surface area contributed by atoms with Crippen LogP contribution in [0, 0.1) is 0 Å². The molecular weight excluding hydrogens is 204 g/mol. The average molecular weight is 224 g/mol. The molecule has 0 heterocycles. The van der Waals surface area contributed by atoms with Gasteiger partial charge in [0.05, 0.1) is 12.6 Å². The van der Waals surface area contributed by atoms with Gasteiger partial charge in [-0.1, -0.05) is 19.7 Å². The summed E-state index contributed by atoms with van der Waals surface area (Å²) >= 11 is 0. The van der Waals surface area contributed by atoms with Gasteiger partial charge in [0.1, 0.15) is 0 Å². The monoisotopic (exact) mass is 224 g/mol. The van der Waals surface area contributed by atoms with Gasteiger partial charge in [-0.05, 0) is 19.3 Å². The van der Waals surface area contributed by atoms with Crippen molar-refractivity contribution in [3.63, 3.8) is 0 Å². The van der Waals surface area contributed by atoms with E-state index in [2.05, 4.69) is 19.7 Å². The van der Waals surface area contributed by atoms with Gasteiger partial charge in [0.15, 0.2) is 0 Å². The molecule has 0 saturated heterocycles. The number of nitrogens with zero attached hydrogens (tertiary/aromatic N) is 2. The van der Waals surface area contributed by atoms with Gasteiger partial charge in [-0.2, -0.15) is 0 Å². The van der Waals surface area contributed by atoms with E-state index in [-0.39, 0.29) is 12.5 Å². The molecule has 0 aromatic rings. The normalized spacial score (nSPS) is 11.4. The molecular formula is C12H20N2O2. The molecule has 90 valence electrons. The maximum absolute atomic E-state index is 11.1. The first-order chi connectivity index (χ1) is 7.42. The van der Waals surface area contributed by atoms with Crippen molar-refractivity contribution in [3.05, 3.63) is 37.8 Å². The molecule has 0 aromatic carbocycles. The zero-order valence-corrected chi connectivity index (χ0v) is 10.0. The van der Waals surface area contributed by atoms with Crippen LogP contribution in [0.3, 0.4) is 0 Å². The Balaban J connectivity index is 4.30. The molecule has 0 rings (SSSR count). The highest BCUT2D eigenvalue weighted by Crippen LogP contribution is 2.04. The fourth-order valence-corrected chi connectivity index (χ4v) is 1.23. The molecule has 1 unspecified atom stereocenters. The Morgan fingerprint density at radius 1 is 1.25 bits per heavy atom. The number of carbonyl (C=O) groups is 1. The molecule has 1 atom stereocenters. The molecule has 4 nitrogen and oxygen atoms in total. The summed E-state index contributed by atoms with van der Waals surface area (Å²) < 4.78 is 0. The SMILES string of the molecule is C=CN(CC(O)CN(C=C)C(C)=O)C(=C)C. The predicted octanol–water partition coefficient (Wildman–Crippen LogP) is 1.32. The number of carbonyl (C=O) groups excluding carboxylic acids is 1. The van der Waals surface area contributed by atoms with Crippen LogP contribution < -0.4 is 0 Å². The zero-order chi connectivity index (χ0) is 12.7. The third-order valence-corrected chi connectivity index (χ3v) is 2.15. The predicted molar refractivity (Wildman–Crippen MR) is 65.3 cm³/mol. The smallest absolute Gasteiger partial charge is 0.223 e. The van der Waals surface area contributed by atoms with E-state index in [1.807, 2.05) is 6.92 Å². The van der Waals surface area contributed by atoms with E-state index in [9.17, 15) is 9.90 Å². The molecule has 0 saturated carbocycles. The Hall–Kier alpha value is -1.55. The number of allylic oxidation sites excluding steroid dienone is 1. The summed E-state index contributed by atoms with van der Waals surface area (Å²) in [5, 5.41) is 9.78. The summed E-state index contributed by atoms with van der Waals surface area (Å²) in [5.41, 5.74) is 0.794. The lowest BCUT2D eigenvalue weighted by Gasteiger charge is -2.26. The van der Waals surface area contributed by atoms with Crippen LogP contribution in [-0.2, 0) is 4.79 Å². The summed E-state index contributed by atoms with van der Waals surface area (Å²) in [4.78, 5) is 14.2. The maximum Gasteiger partial charge on any atom is 0.223 e. The van der Waals surface area contributed by atoms with Gasteiger partial charge in [-0.25, -0.2) is 0 Å². The first-order valence-electron chi connectivity index (χ1n) is 5.04. The molecule has 4 heteroatoms. The number of hydrogen-bond donors (Lipinski definition) is 1. The molecule has 0 aliphatic carbocycles. The van der Waals surface area contributed by atoms with Gasteiger partial charge in [0, 0.05) is 19.2 Å². The van der Waals surface area contributed by atoms with Gasteiger partial charge in [-0.3, -0.25) is 4.79 Å². The highest BCUT2D eigenvalue weighted by atomic mass is 16.3. The minimum Gasteiger partial charge on any atom is -0.389 e. The highest BCUT2D eigenvalue weighted by Gasteiger charge is 2.14. The second-order valence-electron chi connectivity index (χ2n) is 3.58. The van der Waals surface area contributed by atoms with Crippen LogP contribution in [0.25, 0.3) is 0 Å². The summed E-state index contributed by atoms with van der Waals surface area (Å²) in [7, 11) is 0. The fraction of sp³-hybridized carbons (Fsp3) is 0.417. The maximum atomic E-state index is 11.1. The number of amides is 1. The van der Waals surface area contributed by atoms with E-state index in [0.717, 1.165) is 5.70 Å². The minimum absolute atomic E-state index is 0.144. The van der Waals surface area contributed by atoms with E-state index in [4.69, 9.17) is 0 Å². The van der Waals surface area contributed by atoms with Crippen molar-refractivity contribution in [1.82, 2.24) is 9.80 Å². The third kappa shape index (κ3) is 4.79. The number of rotatable bonds is 7. The average Bonchev–Trinajstić information content (AvgIpc) is 2.21. The van der Waals surface area contributed by atoms with Crippen molar-refractivity contribution in [2.45, 2.75) is 20.0 Å². The third-order valence-electron chi connectivity index (χ3n) is 2.15. The van der Waals surface area contributed by atoms with Crippen LogP contribution in [0.15, 0.2) is 37.8 Å². The van der Waals surface area contributed by atoms with Crippen LogP contribution >= 0.6 is 0 Å². The van der Waals surface area contributed by atoms with Crippen molar-refractivity contribution in [3.8, 4) is 0 Å². The summed E-state index contributed by atoms with van der Waals surface area (Å²) in [6.45, 7) is 14.7. The molecule has 0 spiro atoms. The van der Waals surface area contributed by atoms with Crippen molar-refractivity contribution in [1.29, 1.82) is 0 Å². The summed E-state index contributed by atoms with van der Waals surface area (Å²) in [6.07, 6.45) is 2.33. The largest absolute Gasteiger partial charge is 0.389 e. The zero-order valence-electron chi connectivity index (χ0n) is 10.0. The van der Waals surface area contributed by atoms with Gasteiger partial charge in [0.2, 0.25) is 5.91 Å². The molecule has 0 bridgehead atoms. The molecule has 1 N–H and O–H groups in total. The van der Waals surface area contributed by atoms with E-state index in [0.29, 0.717) is 6.54 Å². The molecule has 0 fully saturated rings. The van der Waals surface area contributed by atoms with Crippen LogP contribution in [0.2, 0.25) is 0 Å². The highest BCUT2D eigenvalue weighted by molar-refractivity contribution is 5.74. The summed E-state index contributed by atoms with van der Waals surface area (Å²) in [6, 6.07) is 0. The first kappa shape index (κ1) is 14.5. The molecule has 0 aliphatic heterocycles.